The molecule has 1 rings (SSSR count). The van der Waals surface area contributed by atoms with Crippen molar-refractivity contribution in [3.8, 4) is 0 Å². The van der Waals surface area contributed by atoms with Crippen molar-refractivity contribution in [2.24, 2.45) is 5.73 Å². The highest BCUT2D eigenvalue weighted by molar-refractivity contribution is 5.13. The van der Waals surface area contributed by atoms with Crippen molar-refractivity contribution in [3.05, 3.63) is 30.1 Å². The van der Waals surface area contributed by atoms with E-state index >= 15 is 0 Å². The van der Waals surface area contributed by atoms with Crippen molar-refractivity contribution in [2.45, 2.75) is 6.04 Å². The van der Waals surface area contributed by atoms with E-state index in [0.717, 1.165) is 12.1 Å². The quantitative estimate of drug-likeness (QED) is 0.653. The van der Waals surface area contributed by atoms with Crippen LogP contribution in [0, 0.1) is 0 Å². The fourth-order valence-electron chi connectivity index (χ4n) is 0.933. The molecule has 1 aromatic rings. The van der Waals surface area contributed by atoms with Crippen LogP contribution in [0.5, 0.6) is 0 Å². The summed E-state index contributed by atoms with van der Waals surface area (Å²) in [7, 11) is 1.89. The molecule has 0 aliphatic heterocycles. The lowest BCUT2D eigenvalue weighted by Gasteiger charge is -2.09. The number of likely N-dealkylation sites (N-methyl/N-ethyl adjacent to an activating group) is 1. The molecule has 0 spiro atoms. The maximum atomic E-state index is 5.80. The highest BCUT2D eigenvalue weighted by Gasteiger charge is 2.02. The Morgan fingerprint density at radius 3 is 3.09 bits per heavy atom. The third-order valence-electron chi connectivity index (χ3n) is 1.54. The van der Waals surface area contributed by atoms with Crippen molar-refractivity contribution in [1.29, 1.82) is 0 Å². The molecule has 1 heterocycles. The molecule has 0 amide bonds. The van der Waals surface area contributed by atoms with Crippen LogP contribution in [0.2, 0.25) is 0 Å². The number of hydrogen-bond acceptors (Lipinski definition) is 3. The summed E-state index contributed by atoms with van der Waals surface area (Å²) in [5, 5.41) is 3.01. The van der Waals surface area contributed by atoms with Gasteiger partial charge in [-0.15, -0.1) is 0 Å². The van der Waals surface area contributed by atoms with Gasteiger partial charge in [0.25, 0.3) is 0 Å². The second kappa shape index (κ2) is 4.05. The van der Waals surface area contributed by atoms with Crippen LogP contribution in [0.25, 0.3) is 0 Å². The number of hydrogen-bond donors (Lipinski definition) is 2. The second-order valence-corrected chi connectivity index (χ2v) is 2.45. The number of aromatic nitrogens is 1. The van der Waals surface area contributed by atoms with Crippen LogP contribution in [0.15, 0.2) is 24.5 Å². The number of pyridine rings is 1. The number of rotatable bonds is 3. The lowest BCUT2D eigenvalue weighted by atomic mass is 10.1. The molecule has 0 saturated heterocycles. The van der Waals surface area contributed by atoms with Gasteiger partial charge >= 0.3 is 0 Å². The van der Waals surface area contributed by atoms with Crippen LogP contribution in [-0.4, -0.2) is 18.6 Å². The average Bonchev–Trinajstić information content (AvgIpc) is 2.07. The van der Waals surface area contributed by atoms with E-state index in [-0.39, 0.29) is 6.04 Å². The lowest BCUT2D eigenvalue weighted by molar-refractivity contribution is 0.651. The van der Waals surface area contributed by atoms with Crippen LogP contribution in [0.3, 0.4) is 0 Å². The SMILES string of the molecule is CNCC(N)c1cccnc1. The highest BCUT2D eigenvalue weighted by Crippen LogP contribution is 2.05. The van der Waals surface area contributed by atoms with E-state index in [4.69, 9.17) is 5.73 Å². The molecule has 11 heavy (non-hydrogen) atoms. The zero-order valence-electron chi connectivity index (χ0n) is 6.62. The molecule has 0 saturated carbocycles. The van der Waals surface area contributed by atoms with Gasteiger partial charge < -0.3 is 11.1 Å². The van der Waals surface area contributed by atoms with Crippen molar-refractivity contribution >= 4 is 0 Å². The molecule has 0 aliphatic rings. The number of nitrogens with one attached hydrogen (secondary N) is 1. The minimum atomic E-state index is 0.0497. The Hall–Kier alpha value is -0.930. The fraction of sp³-hybridized carbons (Fsp3) is 0.375. The largest absolute Gasteiger partial charge is 0.323 e. The smallest absolute Gasteiger partial charge is 0.0436 e. The predicted molar refractivity (Wildman–Crippen MR) is 45.1 cm³/mol. The Morgan fingerprint density at radius 2 is 2.55 bits per heavy atom. The van der Waals surface area contributed by atoms with Gasteiger partial charge in [-0.2, -0.15) is 0 Å². The Morgan fingerprint density at radius 1 is 1.73 bits per heavy atom. The van der Waals surface area contributed by atoms with Gasteiger partial charge in [-0.1, -0.05) is 6.07 Å². The van der Waals surface area contributed by atoms with Gasteiger partial charge in [-0.05, 0) is 18.7 Å². The van der Waals surface area contributed by atoms with E-state index in [2.05, 4.69) is 10.3 Å². The Balaban J connectivity index is 2.61. The molecule has 1 atom stereocenters. The summed E-state index contributed by atoms with van der Waals surface area (Å²) in [5.74, 6) is 0. The van der Waals surface area contributed by atoms with Crippen LogP contribution < -0.4 is 11.1 Å². The zero-order valence-corrected chi connectivity index (χ0v) is 6.62. The molecule has 0 bridgehead atoms. The molecule has 0 aliphatic carbocycles. The molecule has 3 N–H and O–H groups in total. The first-order chi connectivity index (χ1) is 5.34. The Bertz CT molecular complexity index is 198. The standard InChI is InChI=1S/C8H13N3/c1-10-6-8(9)7-3-2-4-11-5-7/h2-5,8,10H,6,9H2,1H3. The second-order valence-electron chi connectivity index (χ2n) is 2.45. The summed E-state index contributed by atoms with van der Waals surface area (Å²) in [6, 6.07) is 3.92. The zero-order chi connectivity index (χ0) is 8.10. The van der Waals surface area contributed by atoms with Crippen LogP contribution in [0.4, 0.5) is 0 Å². The molecule has 1 aromatic heterocycles. The molecule has 0 fully saturated rings. The first-order valence-electron chi connectivity index (χ1n) is 3.64. The van der Waals surface area contributed by atoms with Gasteiger partial charge in [0, 0.05) is 25.0 Å². The van der Waals surface area contributed by atoms with Crippen LogP contribution in [-0.2, 0) is 0 Å². The van der Waals surface area contributed by atoms with Crippen molar-refractivity contribution in [3.63, 3.8) is 0 Å². The van der Waals surface area contributed by atoms with Gasteiger partial charge in [-0.25, -0.2) is 0 Å². The van der Waals surface area contributed by atoms with Crippen molar-refractivity contribution in [1.82, 2.24) is 10.3 Å². The topological polar surface area (TPSA) is 50.9 Å². The maximum Gasteiger partial charge on any atom is 0.0436 e. The Kier molecular flexibility index (Phi) is 3.01. The Labute approximate surface area is 66.6 Å². The van der Waals surface area contributed by atoms with Gasteiger partial charge in [-0.3, -0.25) is 4.98 Å². The fourth-order valence-corrected chi connectivity index (χ4v) is 0.933. The summed E-state index contributed by atoms with van der Waals surface area (Å²) in [6.07, 6.45) is 3.54. The molecular weight excluding hydrogens is 138 g/mol. The monoisotopic (exact) mass is 151 g/mol. The first-order valence-corrected chi connectivity index (χ1v) is 3.64. The van der Waals surface area contributed by atoms with E-state index < -0.39 is 0 Å². The first kappa shape index (κ1) is 8.17. The summed E-state index contributed by atoms with van der Waals surface area (Å²) < 4.78 is 0. The molecule has 1 unspecified atom stereocenters. The molecule has 60 valence electrons. The van der Waals surface area contributed by atoms with Crippen LogP contribution >= 0.6 is 0 Å². The summed E-state index contributed by atoms with van der Waals surface area (Å²) in [5.41, 5.74) is 6.87. The minimum Gasteiger partial charge on any atom is -0.323 e. The molecule has 0 radical (unpaired) electrons. The highest BCUT2D eigenvalue weighted by atomic mass is 14.9. The van der Waals surface area contributed by atoms with Crippen molar-refractivity contribution in [2.75, 3.05) is 13.6 Å². The summed E-state index contributed by atoms with van der Waals surface area (Å²) >= 11 is 0. The number of nitrogens with zero attached hydrogens (tertiary/aromatic N) is 1. The molecule has 3 nitrogen and oxygen atoms in total. The molecule has 0 aromatic carbocycles. The summed E-state index contributed by atoms with van der Waals surface area (Å²) in [4.78, 5) is 3.98. The van der Waals surface area contributed by atoms with E-state index in [9.17, 15) is 0 Å². The van der Waals surface area contributed by atoms with E-state index in [1.54, 1.807) is 12.4 Å². The normalized spacial score (nSPS) is 12.9. The minimum absolute atomic E-state index is 0.0497. The van der Waals surface area contributed by atoms with Crippen molar-refractivity contribution < 1.29 is 0 Å². The lowest BCUT2D eigenvalue weighted by Crippen LogP contribution is -2.23. The maximum absolute atomic E-state index is 5.80. The van der Waals surface area contributed by atoms with Crippen LogP contribution in [0.1, 0.15) is 11.6 Å². The average molecular weight is 151 g/mol. The summed E-state index contributed by atoms with van der Waals surface area (Å²) in [6.45, 7) is 0.783. The third-order valence-corrected chi connectivity index (χ3v) is 1.54. The molecular formula is C8H13N3. The predicted octanol–water partition coefficient (Wildman–Crippen LogP) is 0.301. The van der Waals surface area contributed by atoms with E-state index in [1.807, 2.05) is 19.2 Å². The van der Waals surface area contributed by atoms with Gasteiger partial charge in [0.15, 0.2) is 0 Å². The van der Waals surface area contributed by atoms with Gasteiger partial charge in [0.05, 0.1) is 0 Å². The third kappa shape index (κ3) is 2.29. The van der Waals surface area contributed by atoms with Gasteiger partial charge in [0.1, 0.15) is 0 Å². The van der Waals surface area contributed by atoms with E-state index in [1.165, 1.54) is 0 Å². The van der Waals surface area contributed by atoms with E-state index in [0.29, 0.717) is 0 Å². The number of nitrogens with two attached hydrogens (primary N) is 1. The molecule has 3 heteroatoms. The van der Waals surface area contributed by atoms with Gasteiger partial charge in [0.2, 0.25) is 0 Å².